The molecule has 4 nitrogen and oxygen atoms in total. The Bertz CT molecular complexity index is 433. The van der Waals surface area contributed by atoms with E-state index >= 15 is 0 Å². The molecule has 1 aliphatic heterocycles. The summed E-state index contributed by atoms with van der Waals surface area (Å²) in [5.41, 5.74) is 0.732. The molecule has 2 rings (SSSR count). The number of amides is 1. The summed E-state index contributed by atoms with van der Waals surface area (Å²) >= 11 is 0. The van der Waals surface area contributed by atoms with Crippen LogP contribution in [0.5, 0.6) is 0 Å². The van der Waals surface area contributed by atoms with E-state index in [1.165, 1.54) is 0 Å². The molecule has 1 fully saturated rings. The zero-order chi connectivity index (χ0) is 14.5. The summed E-state index contributed by atoms with van der Waals surface area (Å²) in [7, 11) is 0. The van der Waals surface area contributed by atoms with Gasteiger partial charge in [0, 0.05) is 19.0 Å². The van der Waals surface area contributed by atoms with E-state index in [1.807, 2.05) is 11.8 Å². The standard InChI is InChI=1S/C16H26N2O2/c1-4-15-14(7-10-20-15)16(19)18(12(2)3)11-13-5-8-17-9-6-13/h7,10,12-13,17H,4-6,8-9,11H2,1-3H3. The molecule has 0 radical (unpaired) electrons. The number of carbonyl (C=O) groups excluding carboxylic acids is 1. The lowest BCUT2D eigenvalue weighted by Gasteiger charge is -2.32. The highest BCUT2D eigenvalue weighted by Gasteiger charge is 2.26. The van der Waals surface area contributed by atoms with Gasteiger partial charge in [0.1, 0.15) is 5.76 Å². The molecule has 0 spiro atoms. The second-order valence-corrected chi connectivity index (χ2v) is 5.86. The van der Waals surface area contributed by atoms with Gasteiger partial charge in [0.15, 0.2) is 0 Å². The Balaban J connectivity index is 2.09. The van der Waals surface area contributed by atoms with Gasteiger partial charge in [0.25, 0.3) is 5.91 Å². The van der Waals surface area contributed by atoms with Crippen LogP contribution in [0, 0.1) is 5.92 Å². The number of carbonyl (C=O) groups is 1. The topological polar surface area (TPSA) is 45.5 Å². The van der Waals surface area contributed by atoms with Gasteiger partial charge in [-0.05, 0) is 51.8 Å². The Morgan fingerprint density at radius 1 is 1.45 bits per heavy atom. The number of rotatable bonds is 5. The van der Waals surface area contributed by atoms with E-state index in [9.17, 15) is 4.79 Å². The highest BCUT2D eigenvalue weighted by molar-refractivity contribution is 5.95. The molecule has 0 aliphatic carbocycles. The molecule has 2 heterocycles. The molecule has 112 valence electrons. The highest BCUT2D eigenvalue weighted by atomic mass is 16.3. The molecule has 0 atom stereocenters. The molecule has 0 saturated carbocycles. The van der Waals surface area contributed by atoms with Gasteiger partial charge in [-0.25, -0.2) is 0 Å². The second-order valence-electron chi connectivity index (χ2n) is 5.86. The summed E-state index contributed by atoms with van der Waals surface area (Å²) in [6.45, 7) is 9.18. The van der Waals surface area contributed by atoms with Crippen molar-refractivity contribution in [3.8, 4) is 0 Å². The first-order valence-corrected chi connectivity index (χ1v) is 7.71. The van der Waals surface area contributed by atoms with Crippen molar-refractivity contribution in [2.45, 2.75) is 46.1 Å². The summed E-state index contributed by atoms with van der Waals surface area (Å²) in [4.78, 5) is 14.8. The minimum atomic E-state index is 0.115. The van der Waals surface area contributed by atoms with E-state index < -0.39 is 0 Å². The van der Waals surface area contributed by atoms with E-state index in [4.69, 9.17) is 4.42 Å². The number of piperidine rings is 1. The van der Waals surface area contributed by atoms with Gasteiger partial charge in [0.2, 0.25) is 0 Å². The molecule has 4 heteroatoms. The SMILES string of the molecule is CCc1occc1C(=O)N(CC1CCNCC1)C(C)C. The van der Waals surface area contributed by atoms with Crippen molar-refractivity contribution in [3.63, 3.8) is 0 Å². The van der Waals surface area contributed by atoms with Gasteiger partial charge >= 0.3 is 0 Å². The minimum Gasteiger partial charge on any atom is -0.469 e. The quantitative estimate of drug-likeness (QED) is 0.900. The average molecular weight is 278 g/mol. The number of furan rings is 1. The average Bonchev–Trinajstić information content (AvgIpc) is 2.93. The zero-order valence-corrected chi connectivity index (χ0v) is 12.8. The minimum absolute atomic E-state index is 0.115. The summed E-state index contributed by atoms with van der Waals surface area (Å²) < 4.78 is 5.40. The summed E-state index contributed by atoms with van der Waals surface area (Å²) in [6.07, 6.45) is 4.69. The lowest BCUT2D eigenvalue weighted by Crippen LogP contribution is -2.43. The molecule has 0 aromatic carbocycles. The predicted molar refractivity (Wildman–Crippen MR) is 79.9 cm³/mol. The van der Waals surface area contributed by atoms with Crippen LogP contribution in [0.1, 0.15) is 49.7 Å². The Kier molecular flexibility index (Phi) is 5.24. The van der Waals surface area contributed by atoms with Gasteiger partial charge in [0.05, 0.1) is 11.8 Å². The molecular formula is C16H26N2O2. The van der Waals surface area contributed by atoms with Crippen molar-refractivity contribution < 1.29 is 9.21 Å². The normalized spacial score (nSPS) is 16.6. The molecule has 1 N–H and O–H groups in total. The van der Waals surface area contributed by atoms with Gasteiger partial charge in [-0.2, -0.15) is 0 Å². The summed E-state index contributed by atoms with van der Waals surface area (Å²) in [5.74, 6) is 1.52. The Labute approximate surface area is 121 Å². The predicted octanol–water partition coefficient (Wildman–Crippen LogP) is 2.69. The smallest absolute Gasteiger partial charge is 0.257 e. The van der Waals surface area contributed by atoms with Crippen LogP contribution in [-0.4, -0.2) is 36.5 Å². The van der Waals surface area contributed by atoms with E-state index in [2.05, 4.69) is 19.2 Å². The first-order chi connectivity index (χ1) is 9.63. The maximum Gasteiger partial charge on any atom is 0.257 e. The number of nitrogens with zero attached hydrogens (tertiary/aromatic N) is 1. The lowest BCUT2D eigenvalue weighted by atomic mass is 9.96. The largest absolute Gasteiger partial charge is 0.469 e. The fraction of sp³-hybridized carbons (Fsp3) is 0.688. The molecule has 1 aliphatic rings. The second kappa shape index (κ2) is 6.93. The van der Waals surface area contributed by atoms with Crippen molar-refractivity contribution in [2.75, 3.05) is 19.6 Å². The van der Waals surface area contributed by atoms with Crippen LogP contribution in [0.3, 0.4) is 0 Å². The van der Waals surface area contributed by atoms with Crippen LogP contribution >= 0.6 is 0 Å². The maximum absolute atomic E-state index is 12.8. The van der Waals surface area contributed by atoms with Crippen LogP contribution in [0.2, 0.25) is 0 Å². The molecule has 1 amide bonds. The molecule has 20 heavy (non-hydrogen) atoms. The molecule has 1 aromatic heterocycles. The summed E-state index contributed by atoms with van der Waals surface area (Å²) in [6, 6.07) is 2.02. The van der Waals surface area contributed by atoms with E-state index in [0.717, 1.165) is 50.2 Å². The fourth-order valence-corrected chi connectivity index (χ4v) is 2.83. The van der Waals surface area contributed by atoms with Crippen LogP contribution in [0.4, 0.5) is 0 Å². The maximum atomic E-state index is 12.8. The third-order valence-electron chi connectivity index (χ3n) is 4.09. The Morgan fingerprint density at radius 2 is 2.15 bits per heavy atom. The monoisotopic (exact) mass is 278 g/mol. The van der Waals surface area contributed by atoms with Crippen molar-refractivity contribution >= 4 is 5.91 Å². The van der Waals surface area contributed by atoms with E-state index in [0.29, 0.717) is 5.92 Å². The fourth-order valence-electron chi connectivity index (χ4n) is 2.83. The molecular weight excluding hydrogens is 252 g/mol. The van der Waals surface area contributed by atoms with Crippen LogP contribution in [0.15, 0.2) is 16.7 Å². The number of hydrogen-bond donors (Lipinski definition) is 1. The van der Waals surface area contributed by atoms with Crippen molar-refractivity contribution in [3.05, 3.63) is 23.7 Å². The zero-order valence-electron chi connectivity index (χ0n) is 12.8. The van der Waals surface area contributed by atoms with Gasteiger partial charge in [-0.1, -0.05) is 6.92 Å². The van der Waals surface area contributed by atoms with Crippen molar-refractivity contribution in [1.82, 2.24) is 10.2 Å². The van der Waals surface area contributed by atoms with Gasteiger partial charge in [-0.15, -0.1) is 0 Å². The number of aryl methyl sites for hydroxylation is 1. The molecule has 1 aromatic rings. The third-order valence-corrected chi connectivity index (χ3v) is 4.09. The Hall–Kier alpha value is -1.29. The van der Waals surface area contributed by atoms with E-state index in [-0.39, 0.29) is 11.9 Å². The third kappa shape index (κ3) is 3.42. The van der Waals surface area contributed by atoms with Crippen LogP contribution < -0.4 is 5.32 Å². The number of nitrogens with one attached hydrogen (secondary N) is 1. The molecule has 0 bridgehead atoms. The molecule has 0 unspecified atom stereocenters. The highest BCUT2D eigenvalue weighted by Crippen LogP contribution is 2.20. The first kappa shape index (κ1) is 15.1. The van der Waals surface area contributed by atoms with Crippen molar-refractivity contribution in [2.24, 2.45) is 5.92 Å². The Morgan fingerprint density at radius 3 is 2.75 bits per heavy atom. The number of hydrogen-bond acceptors (Lipinski definition) is 3. The van der Waals surface area contributed by atoms with Crippen LogP contribution in [0.25, 0.3) is 0 Å². The van der Waals surface area contributed by atoms with Crippen LogP contribution in [-0.2, 0) is 6.42 Å². The first-order valence-electron chi connectivity index (χ1n) is 7.71. The lowest BCUT2D eigenvalue weighted by molar-refractivity contribution is 0.0655. The summed E-state index contributed by atoms with van der Waals surface area (Å²) in [5, 5.41) is 3.37. The van der Waals surface area contributed by atoms with Crippen molar-refractivity contribution in [1.29, 1.82) is 0 Å². The molecule has 1 saturated heterocycles. The van der Waals surface area contributed by atoms with E-state index in [1.54, 1.807) is 12.3 Å². The van der Waals surface area contributed by atoms with Gasteiger partial charge in [-0.3, -0.25) is 4.79 Å². The van der Waals surface area contributed by atoms with Gasteiger partial charge < -0.3 is 14.6 Å².